The number of aromatic nitrogens is 2. The van der Waals surface area contributed by atoms with E-state index in [1.807, 2.05) is 18.2 Å². The van der Waals surface area contributed by atoms with Crippen molar-refractivity contribution >= 4 is 32.4 Å². The zero-order valence-electron chi connectivity index (χ0n) is 17.7. The minimum atomic E-state index is -4.64. The van der Waals surface area contributed by atoms with E-state index in [2.05, 4.69) is 47.0 Å². The number of benzene rings is 1. The van der Waals surface area contributed by atoms with Gasteiger partial charge in [-0.3, -0.25) is 0 Å². The number of para-hydroxylation sites is 1. The first-order chi connectivity index (χ1) is 14.2. The molecule has 1 unspecified atom stereocenters. The summed E-state index contributed by atoms with van der Waals surface area (Å²) in [5, 5.41) is 4.62. The standard InChI is InChI=1S/C17H26N4.2H3O4P/c1-4-21(5-2)12-8-9-14(3)20-17-15-10-6-7-11-16(15)18-13-19-17;2*1-5(2,3)4/h6-7,10-11,13-14H,4-5,8-9,12H2,1-3H3,(H,18,19,20);2*(H3,1,2,3,4). The predicted octanol–water partition coefficient (Wildman–Crippen LogP) is 1.70. The van der Waals surface area contributed by atoms with Crippen molar-refractivity contribution in [1.29, 1.82) is 0 Å². The van der Waals surface area contributed by atoms with Gasteiger partial charge in [-0.2, -0.15) is 0 Å². The molecule has 2 aromatic rings. The van der Waals surface area contributed by atoms with Crippen LogP contribution in [0.2, 0.25) is 0 Å². The van der Waals surface area contributed by atoms with E-state index < -0.39 is 15.6 Å². The Morgan fingerprint density at radius 1 is 0.968 bits per heavy atom. The lowest BCUT2D eigenvalue weighted by Gasteiger charge is -2.20. The van der Waals surface area contributed by atoms with Crippen LogP contribution < -0.4 is 5.32 Å². The molecule has 0 bridgehead atoms. The summed E-state index contributed by atoms with van der Waals surface area (Å²) in [5.41, 5.74) is 0.991. The fourth-order valence-electron chi connectivity index (χ4n) is 2.59. The van der Waals surface area contributed by atoms with Crippen molar-refractivity contribution in [3.05, 3.63) is 30.6 Å². The number of hydrogen-bond acceptors (Lipinski definition) is 6. The smallest absolute Gasteiger partial charge is 0.367 e. The number of rotatable bonds is 8. The lowest BCUT2D eigenvalue weighted by molar-refractivity contribution is 0.272. The Bertz CT molecular complexity index is 815. The highest BCUT2D eigenvalue weighted by atomic mass is 31.2. The molecule has 0 amide bonds. The number of hydrogen-bond donors (Lipinski definition) is 7. The van der Waals surface area contributed by atoms with Crippen molar-refractivity contribution in [1.82, 2.24) is 14.9 Å². The first-order valence-corrected chi connectivity index (χ1v) is 12.6. The highest BCUT2D eigenvalue weighted by Crippen LogP contribution is 2.26. The number of fused-ring (bicyclic) bond motifs is 1. The van der Waals surface area contributed by atoms with Crippen LogP contribution in [-0.2, 0) is 9.13 Å². The van der Waals surface area contributed by atoms with Gasteiger partial charge < -0.3 is 39.6 Å². The Kier molecular flexibility index (Phi) is 13.9. The van der Waals surface area contributed by atoms with Gasteiger partial charge in [-0.05, 0) is 51.5 Å². The van der Waals surface area contributed by atoms with E-state index >= 15 is 0 Å². The molecule has 14 heteroatoms. The summed E-state index contributed by atoms with van der Waals surface area (Å²) in [6.45, 7) is 10.1. The molecule has 1 heterocycles. The Labute approximate surface area is 181 Å². The van der Waals surface area contributed by atoms with Gasteiger partial charge in [0.1, 0.15) is 12.1 Å². The molecule has 12 nitrogen and oxygen atoms in total. The Balaban J connectivity index is 0.000000752. The molecule has 0 aliphatic carbocycles. The third-order valence-corrected chi connectivity index (χ3v) is 3.93. The number of nitrogens with one attached hydrogen (secondary N) is 1. The van der Waals surface area contributed by atoms with Crippen LogP contribution in [0.4, 0.5) is 5.82 Å². The van der Waals surface area contributed by atoms with Crippen LogP contribution in [-0.4, -0.2) is 69.9 Å². The second-order valence-electron chi connectivity index (χ2n) is 6.48. The van der Waals surface area contributed by atoms with Crippen LogP contribution in [0, 0.1) is 0 Å². The molecule has 0 aliphatic heterocycles. The van der Waals surface area contributed by atoms with E-state index in [1.54, 1.807) is 6.33 Å². The second-order valence-corrected chi connectivity index (χ2v) is 8.53. The fourth-order valence-corrected chi connectivity index (χ4v) is 2.59. The van der Waals surface area contributed by atoms with E-state index in [0.29, 0.717) is 6.04 Å². The second kappa shape index (κ2) is 14.6. The van der Waals surface area contributed by atoms with Gasteiger partial charge in [0, 0.05) is 11.4 Å². The zero-order valence-corrected chi connectivity index (χ0v) is 19.5. The van der Waals surface area contributed by atoms with Crippen LogP contribution in [0.1, 0.15) is 33.6 Å². The maximum atomic E-state index is 8.88. The summed E-state index contributed by atoms with van der Waals surface area (Å²) in [5.74, 6) is 0.941. The van der Waals surface area contributed by atoms with Gasteiger partial charge in [-0.1, -0.05) is 26.0 Å². The Morgan fingerprint density at radius 2 is 1.48 bits per heavy atom. The summed E-state index contributed by atoms with van der Waals surface area (Å²) in [6, 6.07) is 8.54. The van der Waals surface area contributed by atoms with Crippen molar-refractivity contribution in [3.63, 3.8) is 0 Å². The minimum Gasteiger partial charge on any atom is -0.367 e. The van der Waals surface area contributed by atoms with Gasteiger partial charge in [0.25, 0.3) is 0 Å². The van der Waals surface area contributed by atoms with Crippen molar-refractivity contribution < 1.29 is 38.5 Å². The van der Waals surface area contributed by atoms with E-state index in [9.17, 15) is 0 Å². The number of anilines is 1. The fraction of sp³-hybridized carbons (Fsp3) is 0.529. The molecular weight excluding hydrogens is 450 g/mol. The normalized spacial score (nSPS) is 12.5. The van der Waals surface area contributed by atoms with Crippen LogP contribution in [0.25, 0.3) is 10.9 Å². The molecule has 1 aromatic heterocycles. The first-order valence-electron chi connectivity index (χ1n) is 9.49. The molecular formula is C17H32N4O8P2. The maximum absolute atomic E-state index is 8.88. The van der Waals surface area contributed by atoms with Crippen molar-refractivity contribution in [3.8, 4) is 0 Å². The van der Waals surface area contributed by atoms with E-state index in [0.717, 1.165) is 36.2 Å². The van der Waals surface area contributed by atoms with Gasteiger partial charge in [0.15, 0.2) is 0 Å². The van der Waals surface area contributed by atoms with E-state index in [-0.39, 0.29) is 0 Å². The monoisotopic (exact) mass is 482 g/mol. The molecule has 0 fully saturated rings. The summed E-state index contributed by atoms with van der Waals surface area (Å²) in [4.78, 5) is 54.3. The number of phosphoric acid groups is 2. The van der Waals surface area contributed by atoms with Crippen LogP contribution in [0.3, 0.4) is 0 Å². The largest absolute Gasteiger partial charge is 0.466 e. The van der Waals surface area contributed by atoms with Gasteiger partial charge >= 0.3 is 15.6 Å². The topological polar surface area (TPSA) is 197 Å². The van der Waals surface area contributed by atoms with Gasteiger partial charge in [-0.25, -0.2) is 19.1 Å². The average molecular weight is 482 g/mol. The lowest BCUT2D eigenvalue weighted by atomic mass is 10.1. The number of nitrogens with zero attached hydrogens (tertiary/aromatic N) is 3. The highest BCUT2D eigenvalue weighted by Gasteiger charge is 2.08. The molecule has 0 aliphatic rings. The maximum Gasteiger partial charge on any atom is 0.466 e. The first kappa shape index (κ1) is 29.5. The van der Waals surface area contributed by atoms with Gasteiger partial charge in [-0.15, -0.1) is 0 Å². The summed E-state index contributed by atoms with van der Waals surface area (Å²) in [7, 11) is -9.28. The molecule has 0 spiro atoms. The predicted molar refractivity (Wildman–Crippen MR) is 118 cm³/mol. The van der Waals surface area contributed by atoms with Crippen LogP contribution in [0.15, 0.2) is 30.6 Å². The Hall–Kier alpha value is -1.46. The molecule has 7 N–H and O–H groups in total. The highest BCUT2D eigenvalue weighted by molar-refractivity contribution is 7.45. The third-order valence-electron chi connectivity index (χ3n) is 3.93. The Morgan fingerprint density at radius 3 is 2.00 bits per heavy atom. The molecule has 2 rings (SSSR count). The molecule has 31 heavy (non-hydrogen) atoms. The van der Waals surface area contributed by atoms with Crippen molar-refractivity contribution in [2.75, 3.05) is 25.0 Å². The van der Waals surface area contributed by atoms with Crippen molar-refractivity contribution in [2.24, 2.45) is 0 Å². The van der Waals surface area contributed by atoms with Gasteiger partial charge in [0.2, 0.25) is 0 Å². The van der Waals surface area contributed by atoms with Crippen molar-refractivity contribution in [2.45, 2.75) is 39.7 Å². The van der Waals surface area contributed by atoms with E-state index in [1.165, 1.54) is 13.0 Å². The SMILES string of the molecule is CCN(CC)CCCC(C)Nc1ncnc2ccccc12.O=P(O)(O)O.O=P(O)(O)O. The van der Waals surface area contributed by atoms with Crippen LogP contribution in [0.5, 0.6) is 0 Å². The van der Waals surface area contributed by atoms with Gasteiger partial charge in [0.05, 0.1) is 5.52 Å². The summed E-state index contributed by atoms with van der Waals surface area (Å²) in [6.07, 6.45) is 3.99. The lowest BCUT2D eigenvalue weighted by Crippen LogP contribution is -2.25. The van der Waals surface area contributed by atoms with Crippen LogP contribution >= 0.6 is 15.6 Å². The average Bonchev–Trinajstić information content (AvgIpc) is 2.63. The third kappa shape index (κ3) is 17.9. The molecule has 1 aromatic carbocycles. The van der Waals surface area contributed by atoms with E-state index in [4.69, 9.17) is 38.5 Å². The molecule has 1 atom stereocenters. The minimum absolute atomic E-state index is 0.416. The molecule has 0 radical (unpaired) electrons. The summed E-state index contributed by atoms with van der Waals surface area (Å²) >= 11 is 0. The molecule has 0 saturated heterocycles. The molecule has 0 saturated carbocycles. The quantitative estimate of drug-likeness (QED) is 0.269. The zero-order chi connectivity index (χ0) is 24.1. The molecule has 178 valence electrons. The summed E-state index contributed by atoms with van der Waals surface area (Å²) < 4.78 is 17.8.